The Balaban J connectivity index is 2.20. The van der Waals surface area contributed by atoms with Gasteiger partial charge in [-0.15, -0.1) is 0 Å². The van der Waals surface area contributed by atoms with Crippen molar-refractivity contribution in [2.75, 3.05) is 25.0 Å². The van der Waals surface area contributed by atoms with Gasteiger partial charge in [0.15, 0.2) is 0 Å². The molecule has 0 aliphatic carbocycles. The van der Waals surface area contributed by atoms with Crippen LogP contribution in [0.15, 0.2) is 6.07 Å². The maximum absolute atomic E-state index is 15.0. The minimum absolute atomic E-state index is 0.207. The highest BCUT2D eigenvalue weighted by Crippen LogP contribution is 2.38. The average Bonchev–Trinajstić information content (AvgIpc) is 3.09. The zero-order valence-electron chi connectivity index (χ0n) is 14.7. The van der Waals surface area contributed by atoms with E-state index in [1.807, 2.05) is 20.9 Å². The number of aryl methyl sites for hydroxylation is 2. The highest BCUT2D eigenvalue weighted by Gasteiger charge is 2.34. The number of likely N-dealkylation sites (N-methyl/N-ethyl adjacent to an activating group) is 1. The van der Waals surface area contributed by atoms with Crippen LogP contribution >= 0.6 is 0 Å². The van der Waals surface area contributed by atoms with Crippen LogP contribution in [0.5, 0.6) is 0 Å². The highest BCUT2D eigenvalue weighted by molar-refractivity contribution is 6.10. The van der Waals surface area contributed by atoms with Crippen molar-refractivity contribution in [2.45, 2.75) is 33.2 Å². The number of aromatic amines is 1. The van der Waals surface area contributed by atoms with Crippen LogP contribution in [0.25, 0.3) is 10.9 Å². The van der Waals surface area contributed by atoms with Gasteiger partial charge in [-0.05, 0) is 38.4 Å². The number of hydrogen-bond acceptors (Lipinski definition) is 3. The SMILES string of the molecule is CCC1CN(c2c(F)cc(C(N)=O)c3[nH]c(C)c(C)c23)CC1NC. The first-order valence-corrected chi connectivity index (χ1v) is 8.42. The third-order valence-corrected chi connectivity index (χ3v) is 5.42. The number of aromatic nitrogens is 1. The van der Waals surface area contributed by atoms with E-state index in [-0.39, 0.29) is 11.4 Å². The number of hydrogen-bond donors (Lipinski definition) is 3. The van der Waals surface area contributed by atoms with Gasteiger partial charge in [-0.1, -0.05) is 13.3 Å². The lowest BCUT2D eigenvalue weighted by Gasteiger charge is -2.22. The van der Waals surface area contributed by atoms with E-state index in [0.29, 0.717) is 23.2 Å². The molecule has 0 spiro atoms. The molecular weight excluding hydrogens is 307 g/mol. The number of benzene rings is 1. The van der Waals surface area contributed by atoms with E-state index in [1.165, 1.54) is 6.07 Å². The van der Waals surface area contributed by atoms with Crippen LogP contribution in [-0.2, 0) is 0 Å². The third-order valence-electron chi connectivity index (χ3n) is 5.42. The van der Waals surface area contributed by atoms with Crippen molar-refractivity contribution >= 4 is 22.5 Å². The van der Waals surface area contributed by atoms with Crippen LogP contribution in [-0.4, -0.2) is 37.1 Å². The van der Waals surface area contributed by atoms with Crippen molar-refractivity contribution in [2.24, 2.45) is 11.7 Å². The first-order valence-electron chi connectivity index (χ1n) is 8.42. The summed E-state index contributed by atoms with van der Waals surface area (Å²) in [5, 5.41) is 4.11. The number of nitrogens with zero attached hydrogens (tertiary/aromatic N) is 1. The van der Waals surface area contributed by atoms with Crippen LogP contribution in [0.3, 0.4) is 0 Å². The predicted molar refractivity (Wildman–Crippen MR) is 95.1 cm³/mol. The molecule has 130 valence electrons. The number of anilines is 1. The molecule has 0 radical (unpaired) electrons. The number of nitrogens with one attached hydrogen (secondary N) is 2. The Kier molecular flexibility index (Phi) is 4.25. The molecule has 1 fully saturated rings. The number of halogens is 1. The van der Waals surface area contributed by atoms with Crippen molar-refractivity contribution < 1.29 is 9.18 Å². The van der Waals surface area contributed by atoms with Crippen molar-refractivity contribution in [1.29, 1.82) is 0 Å². The van der Waals surface area contributed by atoms with Gasteiger partial charge < -0.3 is 20.9 Å². The Labute approximate surface area is 141 Å². The summed E-state index contributed by atoms with van der Waals surface area (Å²) in [6, 6.07) is 1.60. The molecule has 0 bridgehead atoms. The van der Waals surface area contributed by atoms with Gasteiger partial charge in [0.05, 0.1) is 16.8 Å². The maximum Gasteiger partial charge on any atom is 0.250 e. The second kappa shape index (κ2) is 6.09. The molecule has 2 aromatic rings. The molecule has 1 amide bonds. The Morgan fingerprint density at radius 2 is 2.17 bits per heavy atom. The van der Waals surface area contributed by atoms with Gasteiger partial charge in [-0.25, -0.2) is 4.39 Å². The molecule has 1 aromatic heterocycles. The fraction of sp³-hybridized carbons (Fsp3) is 0.500. The summed E-state index contributed by atoms with van der Waals surface area (Å²) in [6.07, 6.45) is 1.04. The minimum Gasteiger partial charge on any atom is -0.367 e. The second-order valence-electron chi connectivity index (χ2n) is 6.71. The number of carbonyl (C=O) groups excluding carboxylic acids is 1. The van der Waals surface area contributed by atoms with Crippen molar-refractivity contribution in [3.63, 3.8) is 0 Å². The first-order chi connectivity index (χ1) is 11.4. The van der Waals surface area contributed by atoms with Gasteiger partial charge in [-0.2, -0.15) is 0 Å². The van der Waals surface area contributed by atoms with Gasteiger partial charge in [-0.3, -0.25) is 4.79 Å². The molecule has 5 nitrogen and oxygen atoms in total. The monoisotopic (exact) mass is 332 g/mol. The number of primary amides is 1. The molecule has 2 atom stereocenters. The van der Waals surface area contributed by atoms with Gasteiger partial charge in [0.1, 0.15) is 5.82 Å². The summed E-state index contributed by atoms with van der Waals surface area (Å²) >= 11 is 0. The molecule has 2 unspecified atom stereocenters. The van der Waals surface area contributed by atoms with Crippen LogP contribution in [0, 0.1) is 25.6 Å². The first kappa shape index (κ1) is 16.8. The summed E-state index contributed by atoms with van der Waals surface area (Å²) in [7, 11) is 1.95. The Morgan fingerprint density at radius 3 is 2.71 bits per heavy atom. The van der Waals surface area contributed by atoms with Gasteiger partial charge in [0, 0.05) is 30.2 Å². The fourth-order valence-corrected chi connectivity index (χ4v) is 3.90. The average molecular weight is 332 g/mol. The summed E-state index contributed by atoms with van der Waals surface area (Å²) in [5.41, 5.74) is 8.76. The quantitative estimate of drug-likeness (QED) is 0.805. The number of rotatable bonds is 4. The van der Waals surface area contributed by atoms with Gasteiger partial charge in [0.25, 0.3) is 5.91 Å². The van der Waals surface area contributed by atoms with E-state index in [2.05, 4.69) is 22.1 Å². The normalized spacial score (nSPS) is 21.0. The van der Waals surface area contributed by atoms with E-state index in [9.17, 15) is 9.18 Å². The Hall–Kier alpha value is -2.08. The largest absolute Gasteiger partial charge is 0.367 e. The molecular formula is C18H25FN4O. The van der Waals surface area contributed by atoms with E-state index in [1.54, 1.807) is 0 Å². The molecule has 1 aliphatic rings. The molecule has 3 rings (SSSR count). The van der Waals surface area contributed by atoms with E-state index < -0.39 is 5.91 Å². The van der Waals surface area contributed by atoms with E-state index in [0.717, 1.165) is 36.2 Å². The van der Waals surface area contributed by atoms with Crippen LogP contribution in [0.4, 0.5) is 10.1 Å². The number of H-pyrrole nitrogens is 1. The van der Waals surface area contributed by atoms with E-state index in [4.69, 9.17) is 5.73 Å². The molecule has 6 heteroatoms. The molecule has 1 saturated heterocycles. The number of amides is 1. The second-order valence-corrected chi connectivity index (χ2v) is 6.71. The topological polar surface area (TPSA) is 74.1 Å². The third kappa shape index (κ3) is 2.45. The maximum atomic E-state index is 15.0. The number of fused-ring (bicyclic) bond motifs is 1. The van der Waals surface area contributed by atoms with E-state index >= 15 is 0 Å². The van der Waals surface area contributed by atoms with Crippen LogP contribution in [0.1, 0.15) is 35.0 Å². The summed E-state index contributed by atoms with van der Waals surface area (Å²) < 4.78 is 15.0. The van der Waals surface area contributed by atoms with Gasteiger partial charge >= 0.3 is 0 Å². The summed E-state index contributed by atoms with van der Waals surface area (Å²) in [6.45, 7) is 7.59. The fourth-order valence-electron chi connectivity index (χ4n) is 3.90. The standard InChI is InChI=1S/C18H25FN4O/c1-5-11-7-23(8-14(11)21-4)17-13(19)6-12(18(20)24)16-15(17)9(2)10(3)22-16/h6,11,14,21-22H,5,7-8H2,1-4H3,(H2,20,24). The molecule has 4 N–H and O–H groups in total. The van der Waals surface area contributed by atoms with Gasteiger partial charge in [0.2, 0.25) is 0 Å². The number of carbonyl (C=O) groups is 1. The summed E-state index contributed by atoms with van der Waals surface area (Å²) in [4.78, 5) is 17.0. The summed E-state index contributed by atoms with van der Waals surface area (Å²) in [5.74, 6) is -0.529. The Bertz CT molecular complexity index is 786. The molecule has 0 saturated carbocycles. The zero-order chi connectivity index (χ0) is 17.6. The van der Waals surface area contributed by atoms with Crippen LogP contribution < -0.4 is 16.0 Å². The van der Waals surface area contributed by atoms with Crippen molar-refractivity contribution in [3.8, 4) is 0 Å². The number of nitrogens with two attached hydrogens (primary N) is 1. The smallest absolute Gasteiger partial charge is 0.250 e. The minimum atomic E-state index is -0.618. The lowest BCUT2D eigenvalue weighted by molar-refractivity contribution is 0.100. The molecule has 1 aromatic carbocycles. The molecule has 24 heavy (non-hydrogen) atoms. The molecule has 1 aliphatic heterocycles. The lowest BCUT2D eigenvalue weighted by atomic mass is 10.0. The predicted octanol–water partition coefficient (Wildman–Crippen LogP) is 2.46. The van der Waals surface area contributed by atoms with Crippen LogP contribution in [0.2, 0.25) is 0 Å². The lowest BCUT2D eigenvalue weighted by Crippen LogP contribution is -2.33. The molecule has 2 heterocycles. The van der Waals surface area contributed by atoms with Crippen molar-refractivity contribution in [3.05, 3.63) is 28.7 Å². The van der Waals surface area contributed by atoms with Crippen molar-refractivity contribution in [1.82, 2.24) is 10.3 Å². The Morgan fingerprint density at radius 1 is 1.46 bits per heavy atom. The zero-order valence-corrected chi connectivity index (χ0v) is 14.7. The highest BCUT2D eigenvalue weighted by atomic mass is 19.1.